The number of carboxylic acid groups (broad SMARTS) is 1. The van der Waals surface area contributed by atoms with Crippen LogP contribution in [0.4, 0.5) is 4.79 Å². The minimum absolute atomic E-state index is 0.122. The van der Waals surface area contributed by atoms with E-state index in [2.05, 4.69) is 10.6 Å². The highest BCUT2D eigenvalue weighted by Crippen LogP contribution is 2.00. The summed E-state index contributed by atoms with van der Waals surface area (Å²) in [4.78, 5) is 22.2. The minimum atomic E-state index is -0.999. The van der Waals surface area contributed by atoms with E-state index < -0.39 is 18.0 Å². The molecule has 0 rings (SSSR count). The number of nitrogens with one attached hydrogen (secondary N) is 2. The number of hydrogen-bond acceptors (Lipinski definition) is 2. The molecule has 3 N–H and O–H groups in total. The summed E-state index contributed by atoms with van der Waals surface area (Å²) in [6.45, 7) is 5.77. The van der Waals surface area contributed by atoms with Crippen LogP contribution in [0.5, 0.6) is 0 Å². The van der Waals surface area contributed by atoms with Crippen LogP contribution < -0.4 is 10.6 Å². The topological polar surface area (TPSA) is 78.4 Å². The largest absolute Gasteiger partial charge is 0.480 e. The number of amides is 2. The Bertz CT molecular complexity index is 231. The van der Waals surface area contributed by atoms with Crippen LogP contribution in [0.25, 0.3) is 0 Å². The van der Waals surface area contributed by atoms with Gasteiger partial charge >= 0.3 is 12.0 Å². The second-order valence-corrected chi connectivity index (χ2v) is 3.81. The highest BCUT2D eigenvalue weighted by atomic mass is 16.4. The molecule has 2 atom stereocenters. The first-order valence-electron chi connectivity index (χ1n) is 5.84. The fourth-order valence-electron chi connectivity index (χ4n) is 1.45. The molecule has 94 valence electrons. The number of carbonyl (C=O) groups excluding carboxylic acids is 1. The van der Waals surface area contributed by atoms with Crippen molar-refractivity contribution in [1.82, 2.24) is 10.6 Å². The van der Waals surface area contributed by atoms with Gasteiger partial charge in [-0.05, 0) is 19.3 Å². The van der Waals surface area contributed by atoms with E-state index in [0.717, 1.165) is 19.3 Å². The van der Waals surface area contributed by atoms with Crippen molar-refractivity contribution in [3.63, 3.8) is 0 Å². The van der Waals surface area contributed by atoms with Crippen LogP contribution in [-0.4, -0.2) is 29.2 Å². The predicted octanol–water partition coefficient (Wildman–Crippen LogP) is 1.73. The number of urea groups is 1. The molecule has 0 aromatic heterocycles. The van der Waals surface area contributed by atoms with Crippen LogP contribution in [0.15, 0.2) is 0 Å². The SMILES string of the molecule is CCCC(CC)NC(=O)NC(CC)C(=O)O. The number of rotatable bonds is 7. The summed E-state index contributed by atoms with van der Waals surface area (Å²) in [5.74, 6) is -0.999. The van der Waals surface area contributed by atoms with Gasteiger partial charge in [-0.2, -0.15) is 0 Å². The quantitative estimate of drug-likeness (QED) is 0.623. The van der Waals surface area contributed by atoms with Gasteiger partial charge in [0.15, 0.2) is 0 Å². The molecule has 16 heavy (non-hydrogen) atoms. The lowest BCUT2D eigenvalue weighted by Crippen LogP contribution is -2.48. The zero-order valence-corrected chi connectivity index (χ0v) is 10.2. The summed E-state index contributed by atoms with van der Waals surface area (Å²) in [5.41, 5.74) is 0. The van der Waals surface area contributed by atoms with Crippen molar-refractivity contribution in [2.24, 2.45) is 0 Å². The summed E-state index contributed by atoms with van der Waals surface area (Å²) in [7, 11) is 0. The van der Waals surface area contributed by atoms with Crippen LogP contribution in [0.3, 0.4) is 0 Å². The zero-order chi connectivity index (χ0) is 12.6. The summed E-state index contributed by atoms with van der Waals surface area (Å²) in [6.07, 6.45) is 3.14. The van der Waals surface area contributed by atoms with Crippen molar-refractivity contribution in [1.29, 1.82) is 0 Å². The van der Waals surface area contributed by atoms with Crippen molar-refractivity contribution < 1.29 is 14.7 Å². The fourth-order valence-corrected chi connectivity index (χ4v) is 1.45. The molecule has 0 radical (unpaired) electrons. The molecule has 0 saturated heterocycles. The molecule has 5 heteroatoms. The Morgan fingerprint density at radius 1 is 1.12 bits per heavy atom. The highest BCUT2D eigenvalue weighted by molar-refractivity contribution is 5.82. The second-order valence-electron chi connectivity index (χ2n) is 3.81. The van der Waals surface area contributed by atoms with Crippen LogP contribution >= 0.6 is 0 Å². The smallest absolute Gasteiger partial charge is 0.326 e. The second kappa shape index (κ2) is 7.96. The van der Waals surface area contributed by atoms with E-state index in [1.54, 1.807) is 6.92 Å². The molecule has 2 unspecified atom stereocenters. The van der Waals surface area contributed by atoms with Gasteiger partial charge in [-0.1, -0.05) is 27.2 Å². The lowest BCUT2D eigenvalue weighted by Gasteiger charge is -2.18. The molecule has 0 aromatic rings. The van der Waals surface area contributed by atoms with Crippen LogP contribution in [0.2, 0.25) is 0 Å². The first-order valence-corrected chi connectivity index (χ1v) is 5.84. The van der Waals surface area contributed by atoms with E-state index in [-0.39, 0.29) is 6.04 Å². The Hall–Kier alpha value is -1.26. The molecule has 0 bridgehead atoms. The summed E-state index contributed by atoms with van der Waals surface area (Å²) in [6, 6.07) is -1.08. The number of carboxylic acids is 1. The molecule has 5 nitrogen and oxygen atoms in total. The van der Waals surface area contributed by atoms with Crippen LogP contribution in [0.1, 0.15) is 46.5 Å². The maximum absolute atomic E-state index is 11.5. The van der Waals surface area contributed by atoms with Gasteiger partial charge in [-0.25, -0.2) is 9.59 Å². The molecule has 0 saturated carbocycles. The van der Waals surface area contributed by atoms with Gasteiger partial charge in [-0.15, -0.1) is 0 Å². The third kappa shape index (κ3) is 5.58. The third-order valence-electron chi connectivity index (χ3n) is 2.48. The molecule has 0 heterocycles. The van der Waals surface area contributed by atoms with Crippen LogP contribution in [-0.2, 0) is 4.79 Å². The van der Waals surface area contributed by atoms with Gasteiger partial charge in [0.2, 0.25) is 0 Å². The van der Waals surface area contributed by atoms with Crippen molar-refractivity contribution in [3.8, 4) is 0 Å². The van der Waals surface area contributed by atoms with Gasteiger partial charge < -0.3 is 15.7 Å². The van der Waals surface area contributed by atoms with E-state index in [0.29, 0.717) is 6.42 Å². The number of carbonyl (C=O) groups is 2. The fraction of sp³-hybridized carbons (Fsp3) is 0.818. The third-order valence-corrected chi connectivity index (χ3v) is 2.48. The van der Waals surface area contributed by atoms with Crippen molar-refractivity contribution in [3.05, 3.63) is 0 Å². The first-order chi connectivity index (χ1) is 7.54. The predicted molar refractivity (Wildman–Crippen MR) is 62.4 cm³/mol. The van der Waals surface area contributed by atoms with Gasteiger partial charge in [0.05, 0.1) is 0 Å². The van der Waals surface area contributed by atoms with Crippen LogP contribution in [0, 0.1) is 0 Å². The average molecular weight is 230 g/mol. The molecule has 0 spiro atoms. The minimum Gasteiger partial charge on any atom is -0.480 e. The molecule has 0 aliphatic heterocycles. The van der Waals surface area contributed by atoms with Crippen molar-refractivity contribution in [2.45, 2.75) is 58.5 Å². The number of hydrogen-bond donors (Lipinski definition) is 3. The highest BCUT2D eigenvalue weighted by Gasteiger charge is 2.18. The summed E-state index contributed by atoms with van der Waals surface area (Å²) < 4.78 is 0. The van der Waals surface area contributed by atoms with E-state index in [9.17, 15) is 9.59 Å². The van der Waals surface area contributed by atoms with Gasteiger partial charge in [-0.3, -0.25) is 0 Å². The molecule has 0 aliphatic carbocycles. The van der Waals surface area contributed by atoms with Gasteiger partial charge in [0, 0.05) is 6.04 Å². The zero-order valence-electron chi connectivity index (χ0n) is 10.2. The lowest BCUT2D eigenvalue weighted by atomic mass is 10.1. The van der Waals surface area contributed by atoms with E-state index in [1.165, 1.54) is 0 Å². The molecule has 2 amide bonds. The number of aliphatic carboxylic acids is 1. The molecule has 0 fully saturated rings. The molecular weight excluding hydrogens is 208 g/mol. The normalized spacial score (nSPS) is 13.9. The van der Waals surface area contributed by atoms with E-state index in [1.807, 2.05) is 13.8 Å². The molecular formula is C11H22N2O3. The Kier molecular flexibility index (Phi) is 7.33. The summed E-state index contributed by atoms with van der Waals surface area (Å²) in [5, 5.41) is 14.0. The molecule has 0 aliphatic rings. The van der Waals surface area contributed by atoms with E-state index in [4.69, 9.17) is 5.11 Å². The van der Waals surface area contributed by atoms with Crippen molar-refractivity contribution in [2.75, 3.05) is 0 Å². The standard InChI is InChI=1S/C11H22N2O3/c1-4-7-8(5-2)12-11(16)13-9(6-3)10(14)15/h8-9H,4-7H2,1-3H3,(H,14,15)(H2,12,13,16). The first kappa shape index (κ1) is 14.7. The summed E-state index contributed by atoms with van der Waals surface area (Å²) >= 11 is 0. The Labute approximate surface area is 96.6 Å². The average Bonchev–Trinajstić information content (AvgIpc) is 2.24. The van der Waals surface area contributed by atoms with Gasteiger partial charge in [0.1, 0.15) is 6.04 Å². The van der Waals surface area contributed by atoms with Gasteiger partial charge in [0.25, 0.3) is 0 Å². The Balaban J connectivity index is 4.09. The Morgan fingerprint density at radius 2 is 1.75 bits per heavy atom. The maximum atomic E-state index is 11.5. The van der Waals surface area contributed by atoms with E-state index >= 15 is 0 Å². The monoisotopic (exact) mass is 230 g/mol. The molecule has 0 aromatic carbocycles. The lowest BCUT2D eigenvalue weighted by molar-refractivity contribution is -0.139. The maximum Gasteiger partial charge on any atom is 0.326 e. The Morgan fingerprint density at radius 3 is 2.12 bits per heavy atom. The van der Waals surface area contributed by atoms with Crippen molar-refractivity contribution >= 4 is 12.0 Å².